The van der Waals surface area contributed by atoms with E-state index < -0.39 is 17.6 Å². The summed E-state index contributed by atoms with van der Waals surface area (Å²) in [6.07, 6.45) is 9.77. The summed E-state index contributed by atoms with van der Waals surface area (Å²) in [5.74, 6) is -0.895. The number of carbonyl (C=O) groups is 2. The lowest BCUT2D eigenvalue weighted by Crippen LogP contribution is -2.34. The molecule has 0 radical (unpaired) electrons. The van der Waals surface area contributed by atoms with Crippen molar-refractivity contribution in [3.05, 3.63) is 72.3 Å². The van der Waals surface area contributed by atoms with Gasteiger partial charge >= 0.3 is 11.9 Å². The van der Waals surface area contributed by atoms with E-state index in [0.717, 1.165) is 47.3 Å². The zero-order valence-corrected chi connectivity index (χ0v) is 24.6. The number of aromatic carboxylic acids is 1. The molecule has 0 spiro atoms. The molecule has 0 aliphatic rings. The maximum absolute atomic E-state index is 14.8. The number of hydrogen-bond acceptors (Lipinski definition) is 4. The SMILES string of the molecule is CCCCCCCCOc1ccc(-c2ccc(C(=O)O)cc2-c2ccc(OC(=O)C(C)(F)CCCCC)cc2)cc1. The van der Waals surface area contributed by atoms with Gasteiger partial charge in [-0.2, -0.15) is 0 Å². The molecule has 0 aliphatic carbocycles. The molecule has 3 aromatic carbocycles. The minimum atomic E-state index is -2.05. The van der Waals surface area contributed by atoms with Crippen molar-refractivity contribution in [2.45, 2.75) is 90.6 Å². The first-order valence-corrected chi connectivity index (χ1v) is 14.9. The smallest absolute Gasteiger partial charge is 0.348 e. The fraction of sp³-hybridized carbons (Fsp3) is 0.429. The number of carboxylic acid groups (broad SMARTS) is 1. The second kappa shape index (κ2) is 15.9. The minimum absolute atomic E-state index is 0.117. The summed E-state index contributed by atoms with van der Waals surface area (Å²) in [7, 11) is 0. The predicted octanol–water partition coefficient (Wildman–Crippen LogP) is 9.67. The number of hydrogen-bond donors (Lipinski definition) is 1. The number of carbonyl (C=O) groups excluding carboxylic acids is 1. The van der Waals surface area contributed by atoms with E-state index in [-0.39, 0.29) is 17.7 Å². The summed E-state index contributed by atoms with van der Waals surface area (Å²) in [4.78, 5) is 24.2. The van der Waals surface area contributed by atoms with Gasteiger partial charge in [0.1, 0.15) is 11.5 Å². The van der Waals surface area contributed by atoms with Crippen molar-refractivity contribution in [1.29, 1.82) is 0 Å². The first kappa shape index (κ1) is 31.9. The molecule has 3 rings (SSSR count). The molecule has 0 fully saturated rings. The van der Waals surface area contributed by atoms with E-state index in [1.54, 1.807) is 42.5 Å². The van der Waals surface area contributed by atoms with Gasteiger partial charge in [-0.15, -0.1) is 0 Å². The molecule has 0 heterocycles. The second-order valence-corrected chi connectivity index (χ2v) is 10.8. The molecule has 6 heteroatoms. The molecule has 0 bridgehead atoms. The van der Waals surface area contributed by atoms with Crippen LogP contribution in [-0.4, -0.2) is 29.3 Å². The maximum Gasteiger partial charge on any atom is 0.348 e. The van der Waals surface area contributed by atoms with Gasteiger partial charge < -0.3 is 14.6 Å². The van der Waals surface area contributed by atoms with E-state index in [9.17, 15) is 19.1 Å². The standard InChI is InChI=1S/C35H43FO5/c1-4-6-8-9-10-12-24-40-29-18-13-26(14-19-29)31-22-17-28(33(37)38)25-32(31)27-15-20-30(21-16-27)41-34(39)35(3,36)23-11-7-5-2/h13-22,25H,4-12,23-24H2,1-3H3,(H,37,38). The van der Waals surface area contributed by atoms with E-state index in [2.05, 4.69) is 6.92 Å². The van der Waals surface area contributed by atoms with E-state index in [0.29, 0.717) is 13.0 Å². The third kappa shape index (κ3) is 9.73. The monoisotopic (exact) mass is 562 g/mol. The van der Waals surface area contributed by atoms with Crippen LogP contribution in [-0.2, 0) is 4.79 Å². The Morgan fingerprint density at radius 1 is 0.732 bits per heavy atom. The molecule has 0 saturated heterocycles. The van der Waals surface area contributed by atoms with Gasteiger partial charge in [-0.1, -0.05) is 89.1 Å². The number of carboxylic acids is 1. The van der Waals surface area contributed by atoms with E-state index in [4.69, 9.17) is 9.47 Å². The van der Waals surface area contributed by atoms with Crippen molar-refractivity contribution in [3.63, 3.8) is 0 Å². The molecule has 5 nitrogen and oxygen atoms in total. The van der Waals surface area contributed by atoms with Crippen LogP contribution in [0.5, 0.6) is 11.5 Å². The van der Waals surface area contributed by atoms with E-state index in [1.807, 2.05) is 31.2 Å². The maximum atomic E-state index is 14.8. The van der Waals surface area contributed by atoms with Crippen LogP contribution in [0.2, 0.25) is 0 Å². The Balaban J connectivity index is 1.73. The van der Waals surface area contributed by atoms with E-state index in [1.165, 1.54) is 39.0 Å². The van der Waals surface area contributed by atoms with Crippen LogP contribution in [0, 0.1) is 0 Å². The van der Waals surface area contributed by atoms with Gasteiger partial charge in [0.05, 0.1) is 12.2 Å². The molecule has 1 atom stereocenters. The van der Waals surface area contributed by atoms with Crippen molar-refractivity contribution < 1.29 is 28.6 Å². The van der Waals surface area contributed by atoms with E-state index >= 15 is 0 Å². The fourth-order valence-electron chi connectivity index (χ4n) is 4.70. The number of rotatable bonds is 17. The predicted molar refractivity (Wildman–Crippen MR) is 162 cm³/mol. The number of unbranched alkanes of at least 4 members (excludes halogenated alkanes) is 7. The molecular formula is C35H43FO5. The van der Waals surface area contributed by atoms with Gasteiger partial charge in [-0.3, -0.25) is 0 Å². The van der Waals surface area contributed by atoms with Crippen LogP contribution in [0.4, 0.5) is 4.39 Å². The molecule has 3 aromatic rings. The van der Waals surface area contributed by atoms with Crippen molar-refractivity contribution >= 4 is 11.9 Å². The molecule has 0 aliphatic heterocycles. The van der Waals surface area contributed by atoms with Crippen LogP contribution < -0.4 is 9.47 Å². The Morgan fingerprint density at radius 3 is 1.93 bits per heavy atom. The van der Waals surface area contributed by atoms with Gasteiger partial charge in [0.25, 0.3) is 0 Å². The van der Waals surface area contributed by atoms with Crippen molar-refractivity contribution in [1.82, 2.24) is 0 Å². The van der Waals surface area contributed by atoms with Crippen molar-refractivity contribution in [2.24, 2.45) is 0 Å². The second-order valence-electron chi connectivity index (χ2n) is 10.8. The summed E-state index contributed by atoms with van der Waals surface area (Å²) >= 11 is 0. The minimum Gasteiger partial charge on any atom is -0.494 e. The number of alkyl halides is 1. The highest BCUT2D eigenvalue weighted by molar-refractivity contribution is 5.93. The van der Waals surface area contributed by atoms with Gasteiger partial charge in [-0.25, -0.2) is 14.0 Å². The van der Waals surface area contributed by atoms with Crippen LogP contribution in [0.25, 0.3) is 22.3 Å². The number of halogens is 1. The Kier molecular flexibility index (Phi) is 12.4. The molecule has 0 saturated carbocycles. The first-order valence-electron chi connectivity index (χ1n) is 14.9. The van der Waals surface area contributed by atoms with Gasteiger partial charge in [-0.05, 0) is 84.8 Å². The van der Waals surface area contributed by atoms with Gasteiger partial charge in [0.15, 0.2) is 0 Å². The summed E-state index contributed by atoms with van der Waals surface area (Å²) in [6.45, 7) is 6.18. The lowest BCUT2D eigenvalue weighted by atomic mass is 9.92. The Labute approximate surface area is 243 Å². The summed E-state index contributed by atoms with van der Waals surface area (Å²) in [5.41, 5.74) is 1.35. The molecule has 0 aromatic heterocycles. The quantitative estimate of drug-likeness (QED) is 0.101. The lowest BCUT2D eigenvalue weighted by molar-refractivity contribution is -0.147. The summed E-state index contributed by atoms with van der Waals surface area (Å²) < 4.78 is 26.1. The van der Waals surface area contributed by atoms with Crippen molar-refractivity contribution in [3.8, 4) is 33.8 Å². The normalized spacial score (nSPS) is 12.5. The molecule has 220 valence electrons. The molecule has 0 amide bonds. The highest BCUT2D eigenvalue weighted by Gasteiger charge is 2.34. The lowest BCUT2D eigenvalue weighted by Gasteiger charge is -2.18. The Hall–Kier alpha value is -3.67. The van der Waals surface area contributed by atoms with Crippen LogP contribution in [0.3, 0.4) is 0 Å². The van der Waals surface area contributed by atoms with Crippen LogP contribution in [0.15, 0.2) is 66.7 Å². The third-order valence-corrected chi connectivity index (χ3v) is 7.25. The fourth-order valence-corrected chi connectivity index (χ4v) is 4.70. The molecule has 41 heavy (non-hydrogen) atoms. The molecular weight excluding hydrogens is 519 g/mol. The van der Waals surface area contributed by atoms with Gasteiger partial charge in [0.2, 0.25) is 5.67 Å². The van der Waals surface area contributed by atoms with Crippen LogP contribution >= 0.6 is 0 Å². The summed E-state index contributed by atoms with van der Waals surface area (Å²) in [6, 6.07) is 19.5. The highest BCUT2D eigenvalue weighted by Crippen LogP contribution is 2.35. The molecule has 1 unspecified atom stereocenters. The zero-order chi connectivity index (χ0) is 29.7. The molecule has 1 N–H and O–H groups in total. The summed E-state index contributed by atoms with van der Waals surface area (Å²) in [5, 5.41) is 9.60. The number of esters is 1. The largest absolute Gasteiger partial charge is 0.494 e. The Bertz CT molecular complexity index is 1250. The first-order chi connectivity index (χ1) is 19.7. The number of ether oxygens (including phenoxy) is 2. The van der Waals surface area contributed by atoms with Crippen LogP contribution in [0.1, 0.15) is 95.3 Å². The topological polar surface area (TPSA) is 72.8 Å². The Morgan fingerprint density at radius 2 is 1.29 bits per heavy atom. The zero-order valence-electron chi connectivity index (χ0n) is 24.6. The average Bonchev–Trinajstić information content (AvgIpc) is 2.97. The average molecular weight is 563 g/mol. The highest BCUT2D eigenvalue weighted by atomic mass is 19.1. The number of benzene rings is 3. The third-order valence-electron chi connectivity index (χ3n) is 7.25. The van der Waals surface area contributed by atoms with Crippen molar-refractivity contribution in [2.75, 3.05) is 6.61 Å². The van der Waals surface area contributed by atoms with Gasteiger partial charge in [0, 0.05) is 0 Å².